The zero-order valence-corrected chi connectivity index (χ0v) is 11.5. The number of amides is 1. The number of fused-ring (bicyclic) bond motifs is 2. The maximum Gasteiger partial charge on any atom is 0.260 e. The predicted octanol–water partition coefficient (Wildman–Crippen LogP) is 2.75. The van der Waals surface area contributed by atoms with Crippen molar-refractivity contribution < 1.29 is 4.79 Å². The van der Waals surface area contributed by atoms with Gasteiger partial charge in [-0.1, -0.05) is 12.1 Å². The predicted molar refractivity (Wildman–Crippen MR) is 79.5 cm³/mol. The smallest absolute Gasteiger partial charge is 0.260 e. The number of aryl methyl sites for hydroxylation is 2. The van der Waals surface area contributed by atoms with Crippen LogP contribution < -0.4 is 11.5 Å². The topological polar surface area (TPSA) is 82.0 Å². The number of primary amides is 1. The van der Waals surface area contributed by atoms with Crippen LogP contribution in [0.1, 0.15) is 20.8 Å². The number of nitrogen functional groups attached to an aromatic ring is 1. The summed E-state index contributed by atoms with van der Waals surface area (Å²) in [6.07, 6.45) is 0. The average Bonchev–Trinajstić information content (AvgIpc) is 2.70. The van der Waals surface area contributed by atoms with E-state index in [1.165, 1.54) is 11.3 Å². The third-order valence-corrected chi connectivity index (χ3v) is 4.46. The lowest BCUT2D eigenvalue weighted by atomic mass is 10.0. The first-order chi connectivity index (χ1) is 8.99. The van der Waals surface area contributed by atoms with E-state index in [0.29, 0.717) is 10.6 Å². The second-order valence-corrected chi connectivity index (χ2v) is 5.64. The third-order valence-electron chi connectivity index (χ3n) is 3.33. The Balaban J connectivity index is 2.49. The number of benzene rings is 1. The highest BCUT2D eigenvalue weighted by molar-refractivity contribution is 7.21. The number of anilines is 1. The summed E-state index contributed by atoms with van der Waals surface area (Å²) < 4.78 is 0. The highest BCUT2D eigenvalue weighted by Crippen LogP contribution is 2.35. The number of hydrogen-bond acceptors (Lipinski definition) is 4. The zero-order chi connectivity index (χ0) is 13.7. The van der Waals surface area contributed by atoms with Crippen molar-refractivity contribution >= 4 is 44.1 Å². The molecule has 5 heteroatoms. The van der Waals surface area contributed by atoms with Gasteiger partial charge in [-0.15, -0.1) is 11.3 Å². The van der Waals surface area contributed by atoms with E-state index >= 15 is 0 Å². The maximum atomic E-state index is 11.3. The second kappa shape index (κ2) is 3.93. The summed E-state index contributed by atoms with van der Waals surface area (Å²) in [4.78, 5) is 17.1. The molecule has 1 amide bonds. The number of carbonyl (C=O) groups excluding carboxylic acids is 1. The second-order valence-electron chi connectivity index (χ2n) is 4.65. The van der Waals surface area contributed by atoms with Crippen molar-refractivity contribution in [2.45, 2.75) is 13.8 Å². The molecule has 0 unspecified atom stereocenters. The van der Waals surface area contributed by atoms with Crippen molar-refractivity contribution in [3.05, 3.63) is 34.2 Å². The van der Waals surface area contributed by atoms with Crippen molar-refractivity contribution in [1.82, 2.24) is 4.98 Å². The Labute approximate surface area is 114 Å². The largest absolute Gasteiger partial charge is 0.397 e. The molecule has 0 aliphatic heterocycles. The normalized spacial score (nSPS) is 11.3. The molecule has 0 saturated heterocycles. The summed E-state index contributed by atoms with van der Waals surface area (Å²) in [5.74, 6) is -0.502. The van der Waals surface area contributed by atoms with E-state index in [0.717, 1.165) is 32.2 Å². The Morgan fingerprint density at radius 3 is 2.58 bits per heavy atom. The molecule has 0 bridgehead atoms. The Bertz CT molecular complexity index is 836. The van der Waals surface area contributed by atoms with E-state index in [2.05, 4.69) is 11.1 Å². The van der Waals surface area contributed by atoms with Crippen LogP contribution in [0.4, 0.5) is 5.69 Å². The van der Waals surface area contributed by atoms with Crippen LogP contribution in [0.2, 0.25) is 0 Å². The minimum atomic E-state index is -0.502. The van der Waals surface area contributed by atoms with E-state index < -0.39 is 5.91 Å². The lowest BCUT2D eigenvalue weighted by molar-refractivity contribution is 0.100. The molecule has 96 valence electrons. The quantitative estimate of drug-likeness (QED) is 0.714. The number of thiophene rings is 1. The average molecular weight is 271 g/mol. The summed E-state index contributed by atoms with van der Waals surface area (Å²) >= 11 is 1.25. The summed E-state index contributed by atoms with van der Waals surface area (Å²) in [7, 11) is 0. The van der Waals surface area contributed by atoms with E-state index in [4.69, 9.17) is 11.5 Å². The SMILES string of the molecule is Cc1ccc(C)c2nc3sc(C(N)=O)c(N)c3cc12. The van der Waals surface area contributed by atoms with Gasteiger partial charge in [0.15, 0.2) is 0 Å². The summed E-state index contributed by atoms with van der Waals surface area (Å²) in [5, 5.41) is 1.87. The molecule has 19 heavy (non-hydrogen) atoms. The van der Waals surface area contributed by atoms with Crippen LogP contribution in [-0.4, -0.2) is 10.9 Å². The summed E-state index contributed by atoms with van der Waals surface area (Å²) in [5.41, 5.74) is 14.9. The molecule has 0 aliphatic carbocycles. The van der Waals surface area contributed by atoms with E-state index in [1.54, 1.807) is 0 Å². The van der Waals surface area contributed by atoms with E-state index in [1.807, 2.05) is 26.0 Å². The van der Waals surface area contributed by atoms with Gasteiger partial charge in [-0.2, -0.15) is 0 Å². The Morgan fingerprint density at radius 2 is 1.89 bits per heavy atom. The van der Waals surface area contributed by atoms with E-state index in [-0.39, 0.29) is 0 Å². The van der Waals surface area contributed by atoms with E-state index in [9.17, 15) is 4.79 Å². The van der Waals surface area contributed by atoms with Crippen molar-refractivity contribution in [1.29, 1.82) is 0 Å². The summed E-state index contributed by atoms with van der Waals surface area (Å²) in [6.45, 7) is 4.05. The van der Waals surface area contributed by atoms with Crippen molar-refractivity contribution in [2.24, 2.45) is 5.73 Å². The van der Waals surface area contributed by atoms with Gasteiger partial charge in [0, 0.05) is 10.8 Å². The number of nitrogens with zero attached hydrogens (tertiary/aromatic N) is 1. The summed E-state index contributed by atoms with van der Waals surface area (Å²) in [6, 6.07) is 6.10. The molecular formula is C14H13N3OS. The monoisotopic (exact) mass is 271 g/mol. The number of hydrogen-bond donors (Lipinski definition) is 2. The molecule has 0 spiro atoms. The zero-order valence-electron chi connectivity index (χ0n) is 10.7. The standard InChI is InChI=1S/C14H13N3OS/c1-6-3-4-7(2)11-8(6)5-9-10(15)12(13(16)18)19-14(9)17-11/h3-5H,15H2,1-2H3,(H2,16,18). The van der Waals surface area contributed by atoms with Crippen molar-refractivity contribution in [2.75, 3.05) is 5.73 Å². The van der Waals surface area contributed by atoms with Gasteiger partial charge in [-0.3, -0.25) is 4.79 Å². The van der Waals surface area contributed by atoms with Gasteiger partial charge in [0.2, 0.25) is 0 Å². The number of carbonyl (C=O) groups is 1. The lowest BCUT2D eigenvalue weighted by Gasteiger charge is -2.05. The molecule has 1 aromatic carbocycles. The van der Waals surface area contributed by atoms with Gasteiger partial charge in [0.1, 0.15) is 9.71 Å². The Kier molecular flexibility index (Phi) is 2.46. The fraction of sp³-hybridized carbons (Fsp3) is 0.143. The molecule has 4 nitrogen and oxygen atoms in total. The van der Waals surface area contributed by atoms with Crippen LogP contribution in [0, 0.1) is 13.8 Å². The van der Waals surface area contributed by atoms with Gasteiger partial charge in [-0.25, -0.2) is 4.98 Å². The molecule has 0 fully saturated rings. The van der Waals surface area contributed by atoms with Crippen LogP contribution in [0.15, 0.2) is 18.2 Å². The number of rotatable bonds is 1. The number of aromatic nitrogens is 1. The van der Waals surface area contributed by atoms with Gasteiger partial charge >= 0.3 is 0 Å². The third kappa shape index (κ3) is 1.66. The molecule has 3 rings (SSSR count). The molecule has 0 atom stereocenters. The highest BCUT2D eigenvalue weighted by Gasteiger charge is 2.16. The highest BCUT2D eigenvalue weighted by atomic mass is 32.1. The first-order valence-corrected chi connectivity index (χ1v) is 6.69. The Hall–Kier alpha value is -2.14. The van der Waals surface area contributed by atoms with Crippen LogP contribution in [0.3, 0.4) is 0 Å². The first kappa shape index (κ1) is 11.9. The number of pyridine rings is 1. The van der Waals surface area contributed by atoms with Gasteiger partial charge in [0.05, 0.1) is 11.2 Å². The molecule has 0 aliphatic rings. The molecular weight excluding hydrogens is 258 g/mol. The van der Waals surface area contributed by atoms with Gasteiger partial charge in [0.25, 0.3) is 5.91 Å². The first-order valence-electron chi connectivity index (χ1n) is 5.87. The van der Waals surface area contributed by atoms with Crippen LogP contribution in [0.5, 0.6) is 0 Å². The molecule has 3 aromatic rings. The van der Waals surface area contributed by atoms with Gasteiger partial charge in [-0.05, 0) is 31.0 Å². The fourth-order valence-electron chi connectivity index (χ4n) is 2.24. The molecule has 2 heterocycles. The van der Waals surface area contributed by atoms with Crippen molar-refractivity contribution in [3.63, 3.8) is 0 Å². The minimum absolute atomic E-state index is 0.383. The molecule has 0 radical (unpaired) electrons. The number of nitrogens with two attached hydrogens (primary N) is 2. The minimum Gasteiger partial charge on any atom is -0.397 e. The lowest BCUT2D eigenvalue weighted by Crippen LogP contribution is -2.10. The van der Waals surface area contributed by atoms with Crippen LogP contribution >= 0.6 is 11.3 Å². The van der Waals surface area contributed by atoms with Crippen LogP contribution in [0.25, 0.3) is 21.1 Å². The molecule has 2 aromatic heterocycles. The van der Waals surface area contributed by atoms with Crippen molar-refractivity contribution in [3.8, 4) is 0 Å². The fourth-order valence-corrected chi connectivity index (χ4v) is 3.17. The van der Waals surface area contributed by atoms with Crippen LogP contribution in [-0.2, 0) is 0 Å². The maximum absolute atomic E-state index is 11.3. The Morgan fingerprint density at radius 1 is 1.21 bits per heavy atom. The van der Waals surface area contributed by atoms with Gasteiger partial charge < -0.3 is 11.5 Å². The molecule has 4 N–H and O–H groups in total. The molecule has 0 saturated carbocycles.